The maximum absolute atomic E-state index is 13.1. The van der Waals surface area contributed by atoms with Crippen molar-refractivity contribution in [3.05, 3.63) is 65.7 Å². The minimum atomic E-state index is -0.563. The third-order valence-electron chi connectivity index (χ3n) is 7.87. The summed E-state index contributed by atoms with van der Waals surface area (Å²) in [5.41, 5.74) is 3.04. The number of carbonyl (C=O) groups is 4. The molecule has 6 rings (SSSR count). The largest absolute Gasteiger partial charge is 0.426 e. The first-order chi connectivity index (χ1) is 16.8. The maximum Gasteiger partial charge on any atom is 0.316 e. The van der Waals surface area contributed by atoms with Crippen LogP contribution in [0.5, 0.6) is 5.75 Å². The van der Waals surface area contributed by atoms with E-state index in [0.29, 0.717) is 17.0 Å². The molecule has 2 saturated heterocycles. The third kappa shape index (κ3) is 3.40. The molecule has 0 unspecified atom stereocenters. The van der Waals surface area contributed by atoms with Crippen molar-refractivity contribution in [1.82, 2.24) is 0 Å². The molecule has 7 heteroatoms. The molecule has 35 heavy (non-hydrogen) atoms. The molecule has 0 aromatic heterocycles. The smallest absolute Gasteiger partial charge is 0.316 e. The van der Waals surface area contributed by atoms with Gasteiger partial charge < -0.3 is 9.64 Å². The zero-order chi connectivity index (χ0) is 24.4. The number of anilines is 2. The van der Waals surface area contributed by atoms with Gasteiger partial charge in [0.25, 0.3) is 0 Å². The van der Waals surface area contributed by atoms with Gasteiger partial charge in [0, 0.05) is 18.7 Å². The van der Waals surface area contributed by atoms with Gasteiger partial charge in [-0.1, -0.05) is 24.3 Å². The molecule has 2 aromatic carbocycles. The minimum Gasteiger partial charge on any atom is -0.426 e. The van der Waals surface area contributed by atoms with E-state index in [9.17, 15) is 19.2 Å². The van der Waals surface area contributed by atoms with Crippen LogP contribution >= 0.6 is 0 Å². The molecule has 2 aromatic rings. The molecule has 178 valence electrons. The van der Waals surface area contributed by atoms with Gasteiger partial charge in [-0.2, -0.15) is 0 Å². The number of aryl methyl sites for hydroxylation is 2. The zero-order valence-corrected chi connectivity index (χ0v) is 19.6. The van der Waals surface area contributed by atoms with E-state index in [1.807, 2.05) is 31.2 Å². The van der Waals surface area contributed by atoms with Gasteiger partial charge in [0.2, 0.25) is 17.7 Å². The Balaban J connectivity index is 1.16. The molecule has 2 aliphatic heterocycles. The van der Waals surface area contributed by atoms with Crippen molar-refractivity contribution in [2.75, 3.05) is 16.3 Å². The van der Waals surface area contributed by atoms with Crippen molar-refractivity contribution < 1.29 is 23.9 Å². The van der Waals surface area contributed by atoms with E-state index in [0.717, 1.165) is 17.7 Å². The van der Waals surface area contributed by atoms with Crippen LogP contribution in [0, 0.1) is 43.4 Å². The Bertz CT molecular complexity index is 1280. The number of hydrogen-bond acceptors (Lipinski definition) is 5. The van der Waals surface area contributed by atoms with Crippen LogP contribution in [0.2, 0.25) is 0 Å². The summed E-state index contributed by atoms with van der Waals surface area (Å²) in [6.45, 7) is 4.03. The van der Waals surface area contributed by atoms with Gasteiger partial charge in [-0.3, -0.25) is 19.2 Å². The average Bonchev–Trinajstić information content (AvgIpc) is 3.58. The number of fused-ring (bicyclic) bond motifs is 5. The van der Waals surface area contributed by atoms with Crippen LogP contribution < -0.4 is 14.5 Å². The van der Waals surface area contributed by atoms with Gasteiger partial charge in [-0.05, 0) is 73.6 Å². The standard InChI is InChI=1S/C28H26N2O5/c1-15-4-3-5-20(10-15)29-14-19(13-23(29)31)28(34)35-21-8-9-22(16(2)11-21)30-26(32)24-17-6-7-18(12-17)25(24)27(30)33/h3-11,17-19,24-25H,12-14H2,1-2H3/t17-,18-,19+,24+,25+/m0/s1. The quantitative estimate of drug-likeness (QED) is 0.295. The van der Waals surface area contributed by atoms with Crippen LogP contribution in [-0.2, 0) is 19.2 Å². The number of rotatable bonds is 4. The van der Waals surface area contributed by atoms with E-state index < -0.39 is 11.9 Å². The monoisotopic (exact) mass is 470 g/mol. The van der Waals surface area contributed by atoms with Gasteiger partial charge in [0.15, 0.2) is 0 Å². The number of nitrogens with zero attached hydrogens (tertiary/aromatic N) is 2. The molecule has 5 atom stereocenters. The van der Waals surface area contributed by atoms with Crippen molar-refractivity contribution in [1.29, 1.82) is 0 Å². The molecule has 3 amide bonds. The normalized spacial score (nSPS) is 28.9. The summed E-state index contributed by atoms with van der Waals surface area (Å²) in [7, 11) is 0. The number of amides is 3. The van der Waals surface area contributed by atoms with E-state index in [-0.39, 0.29) is 54.4 Å². The number of ether oxygens (including phenoxy) is 1. The molecule has 4 aliphatic rings. The molecular formula is C28H26N2O5. The number of carbonyl (C=O) groups excluding carboxylic acids is 4. The Labute approximate surface area is 203 Å². The van der Waals surface area contributed by atoms with Crippen molar-refractivity contribution in [3.63, 3.8) is 0 Å². The van der Waals surface area contributed by atoms with Crippen LogP contribution in [0.4, 0.5) is 11.4 Å². The summed E-state index contributed by atoms with van der Waals surface area (Å²) in [5.74, 6) is -1.28. The highest BCUT2D eigenvalue weighted by Gasteiger charge is 2.59. The molecule has 0 radical (unpaired) electrons. The predicted molar refractivity (Wildman–Crippen MR) is 129 cm³/mol. The SMILES string of the molecule is Cc1cccc(N2C[C@H](C(=O)Oc3ccc(N4C(=O)[C@H]5[C@H](C4=O)[C@H]4C=C[C@H]5C4)c(C)c3)CC2=O)c1. The second-order valence-electron chi connectivity index (χ2n) is 10.1. The topological polar surface area (TPSA) is 84.0 Å². The summed E-state index contributed by atoms with van der Waals surface area (Å²) in [6.07, 6.45) is 5.13. The molecule has 0 N–H and O–H groups in total. The average molecular weight is 471 g/mol. The second-order valence-corrected chi connectivity index (χ2v) is 10.1. The van der Waals surface area contributed by atoms with Crippen LogP contribution in [0.25, 0.3) is 0 Å². The summed E-state index contributed by atoms with van der Waals surface area (Å²) < 4.78 is 5.61. The molecule has 2 aliphatic carbocycles. The highest BCUT2D eigenvalue weighted by molar-refractivity contribution is 6.23. The summed E-state index contributed by atoms with van der Waals surface area (Å²) in [5, 5.41) is 0. The van der Waals surface area contributed by atoms with Crippen molar-refractivity contribution in [2.24, 2.45) is 29.6 Å². The summed E-state index contributed by atoms with van der Waals surface area (Å²) >= 11 is 0. The van der Waals surface area contributed by atoms with Crippen molar-refractivity contribution >= 4 is 35.1 Å². The maximum atomic E-state index is 13.1. The van der Waals surface area contributed by atoms with Gasteiger partial charge >= 0.3 is 5.97 Å². The molecule has 2 bridgehead atoms. The van der Waals surface area contributed by atoms with Crippen LogP contribution in [-0.4, -0.2) is 30.2 Å². The zero-order valence-electron chi connectivity index (χ0n) is 19.6. The van der Waals surface area contributed by atoms with Crippen LogP contribution in [0.15, 0.2) is 54.6 Å². The fourth-order valence-corrected chi connectivity index (χ4v) is 6.19. The number of imide groups is 1. The fraction of sp³-hybridized carbons (Fsp3) is 0.357. The van der Waals surface area contributed by atoms with E-state index in [1.165, 1.54) is 4.90 Å². The van der Waals surface area contributed by atoms with E-state index in [4.69, 9.17) is 4.74 Å². The molecule has 0 spiro atoms. The van der Waals surface area contributed by atoms with Crippen LogP contribution in [0.3, 0.4) is 0 Å². The van der Waals surface area contributed by atoms with Crippen molar-refractivity contribution in [2.45, 2.75) is 26.7 Å². The molecule has 2 heterocycles. The highest BCUT2D eigenvalue weighted by Crippen LogP contribution is 2.53. The number of allylic oxidation sites excluding steroid dienone is 2. The fourth-order valence-electron chi connectivity index (χ4n) is 6.19. The minimum absolute atomic E-state index is 0.0970. The second kappa shape index (κ2) is 7.90. The summed E-state index contributed by atoms with van der Waals surface area (Å²) in [4.78, 5) is 54.6. The van der Waals surface area contributed by atoms with Gasteiger partial charge in [-0.15, -0.1) is 0 Å². The lowest BCUT2D eigenvalue weighted by Gasteiger charge is -2.20. The summed E-state index contributed by atoms with van der Waals surface area (Å²) in [6, 6.07) is 12.6. The predicted octanol–water partition coefficient (Wildman–Crippen LogP) is 3.57. The number of benzene rings is 2. The Morgan fingerprint density at radius 3 is 2.31 bits per heavy atom. The molecular weight excluding hydrogens is 444 g/mol. The van der Waals surface area contributed by atoms with Gasteiger partial charge in [0.05, 0.1) is 23.4 Å². The first-order valence-electron chi connectivity index (χ1n) is 12.1. The Morgan fingerprint density at radius 1 is 0.943 bits per heavy atom. The highest BCUT2D eigenvalue weighted by atomic mass is 16.5. The Morgan fingerprint density at radius 2 is 1.66 bits per heavy atom. The molecule has 3 fully saturated rings. The lowest BCUT2D eigenvalue weighted by Crippen LogP contribution is -2.33. The van der Waals surface area contributed by atoms with Gasteiger partial charge in [-0.25, -0.2) is 4.90 Å². The van der Waals surface area contributed by atoms with E-state index in [2.05, 4.69) is 12.2 Å². The molecule has 1 saturated carbocycles. The van der Waals surface area contributed by atoms with E-state index >= 15 is 0 Å². The number of esters is 1. The lowest BCUT2D eigenvalue weighted by molar-refractivity contribution is -0.139. The first kappa shape index (κ1) is 21.8. The number of hydrogen-bond donors (Lipinski definition) is 0. The third-order valence-corrected chi connectivity index (χ3v) is 7.87. The van der Waals surface area contributed by atoms with E-state index in [1.54, 1.807) is 30.0 Å². The van der Waals surface area contributed by atoms with Crippen LogP contribution in [0.1, 0.15) is 24.0 Å². The Hall–Kier alpha value is -3.74. The molecule has 7 nitrogen and oxygen atoms in total. The Kier molecular flexibility index (Phi) is 4.91. The first-order valence-corrected chi connectivity index (χ1v) is 12.1. The van der Waals surface area contributed by atoms with Crippen molar-refractivity contribution in [3.8, 4) is 5.75 Å². The lowest BCUT2D eigenvalue weighted by atomic mass is 9.85. The van der Waals surface area contributed by atoms with Gasteiger partial charge in [0.1, 0.15) is 5.75 Å².